The number of benzene rings is 2. The van der Waals surface area contributed by atoms with Crippen LogP contribution in [0.15, 0.2) is 88.0 Å². The number of furan rings is 1. The van der Waals surface area contributed by atoms with Gasteiger partial charge in [0.2, 0.25) is 5.76 Å². The van der Waals surface area contributed by atoms with Gasteiger partial charge in [-0.2, -0.15) is 0 Å². The summed E-state index contributed by atoms with van der Waals surface area (Å²) in [6.07, 6.45) is -0.0468. The Morgan fingerprint density at radius 2 is 1.78 bits per heavy atom. The fraction of sp³-hybridized carbons (Fsp3) is 0.167. The van der Waals surface area contributed by atoms with Crippen LogP contribution in [0.25, 0.3) is 22.6 Å². The van der Waals surface area contributed by atoms with E-state index in [1.165, 1.54) is 19.3 Å². The maximum Gasteiger partial charge on any atom is 0.278 e. The lowest BCUT2D eigenvalue weighted by Crippen LogP contribution is -2.50. The summed E-state index contributed by atoms with van der Waals surface area (Å²) in [6.45, 7) is 1.38. The van der Waals surface area contributed by atoms with Crippen molar-refractivity contribution >= 4 is 5.91 Å². The highest BCUT2D eigenvalue weighted by molar-refractivity contribution is 5.84. The van der Waals surface area contributed by atoms with E-state index in [4.69, 9.17) is 13.7 Å². The van der Waals surface area contributed by atoms with E-state index in [1.807, 2.05) is 54.6 Å². The number of hydrogen-bond acceptors (Lipinski definition) is 7. The van der Waals surface area contributed by atoms with Gasteiger partial charge in [0, 0.05) is 6.07 Å². The molecule has 4 aromatic rings. The lowest BCUT2D eigenvalue weighted by molar-refractivity contribution is -0.174. The number of aliphatic hydroxyl groups excluding tert-OH is 1. The normalized spacial score (nSPS) is 14.0. The molecular formula is C24H22N2O6. The summed E-state index contributed by atoms with van der Waals surface area (Å²) >= 11 is 0. The Kier molecular flexibility index (Phi) is 6.18. The molecule has 2 heterocycles. The zero-order valence-electron chi connectivity index (χ0n) is 17.3. The van der Waals surface area contributed by atoms with Crippen LogP contribution in [0.1, 0.15) is 24.3 Å². The van der Waals surface area contributed by atoms with Crippen LogP contribution in [0.5, 0.6) is 0 Å². The SMILES string of the molecule is C[C@@](OCc1ccc(-c2ccccc2)cc1)(C(=O)NO)[C@@H](O)c1cc(-c2ccco2)on1. The molecule has 4 rings (SSSR count). The number of carbonyl (C=O) groups is 1. The first-order valence-corrected chi connectivity index (χ1v) is 9.92. The van der Waals surface area contributed by atoms with Gasteiger partial charge in [0.15, 0.2) is 11.4 Å². The second kappa shape index (κ2) is 9.19. The van der Waals surface area contributed by atoms with Crippen LogP contribution in [-0.4, -0.2) is 27.0 Å². The van der Waals surface area contributed by atoms with Crippen LogP contribution < -0.4 is 5.48 Å². The van der Waals surface area contributed by atoms with Gasteiger partial charge in [0.1, 0.15) is 11.8 Å². The second-order valence-electron chi connectivity index (χ2n) is 7.40. The molecule has 2 atom stereocenters. The third-order valence-corrected chi connectivity index (χ3v) is 5.25. The van der Waals surface area contributed by atoms with Crippen molar-refractivity contribution in [2.24, 2.45) is 0 Å². The maximum atomic E-state index is 12.4. The lowest BCUT2D eigenvalue weighted by Gasteiger charge is -2.31. The van der Waals surface area contributed by atoms with E-state index in [9.17, 15) is 15.1 Å². The van der Waals surface area contributed by atoms with Gasteiger partial charge in [0.05, 0.1) is 12.9 Å². The topological polar surface area (TPSA) is 118 Å². The highest BCUT2D eigenvalue weighted by Crippen LogP contribution is 2.33. The van der Waals surface area contributed by atoms with E-state index in [0.29, 0.717) is 5.76 Å². The Hall–Kier alpha value is -3.72. The number of carbonyl (C=O) groups excluding carboxylic acids is 1. The molecule has 0 aliphatic rings. The fourth-order valence-electron chi connectivity index (χ4n) is 3.27. The van der Waals surface area contributed by atoms with Crippen molar-refractivity contribution in [1.82, 2.24) is 10.6 Å². The number of ether oxygens (including phenoxy) is 1. The van der Waals surface area contributed by atoms with Gasteiger partial charge < -0.3 is 18.8 Å². The molecular weight excluding hydrogens is 412 g/mol. The van der Waals surface area contributed by atoms with E-state index < -0.39 is 17.6 Å². The standard InChI is InChI=1S/C24H22N2O6/c1-24(23(28)25-29,22(27)19-14-21(32-26-19)20-8-5-13-30-20)31-15-16-9-11-18(12-10-16)17-6-3-2-4-7-17/h2-14,22,27,29H,15H2,1H3,(H,25,28)/t22-,24-/m0/s1. The number of hydroxylamine groups is 1. The smallest absolute Gasteiger partial charge is 0.278 e. The van der Waals surface area contributed by atoms with Gasteiger partial charge in [-0.15, -0.1) is 0 Å². The first-order chi connectivity index (χ1) is 15.5. The Morgan fingerprint density at radius 1 is 1.06 bits per heavy atom. The summed E-state index contributed by atoms with van der Waals surface area (Å²) in [5, 5.41) is 23.9. The van der Waals surface area contributed by atoms with Crippen molar-refractivity contribution in [3.8, 4) is 22.6 Å². The minimum absolute atomic E-state index is 0.0128. The Balaban J connectivity index is 1.51. The third kappa shape index (κ3) is 4.33. The molecule has 0 unspecified atom stereocenters. The van der Waals surface area contributed by atoms with E-state index >= 15 is 0 Å². The fourth-order valence-corrected chi connectivity index (χ4v) is 3.27. The number of nitrogens with one attached hydrogen (secondary N) is 1. The number of aliphatic hydroxyl groups is 1. The van der Waals surface area contributed by atoms with Crippen molar-refractivity contribution in [2.45, 2.75) is 25.2 Å². The predicted octanol–water partition coefficient (Wildman–Crippen LogP) is 4.12. The highest BCUT2D eigenvalue weighted by atomic mass is 16.5. The summed E-state index contributed by atoms with van der Waals surface area (Å²) in [5.41, 5.74) is 2.68. The quantitative estimate of drug-likeness (QED) is 0.282. The van der Waals surface area contributed by atoms with Gasteiger partial charge in [-0.1, -0.05) is 59.8 Å². The van der Waals surface area contributed by atoms with Gasteiger partial charge >= 0.3 is 0 Å². The summed E-state index contributed by atoms with van der Waals surface area (Å²) in [5.74, 6) is -0.218. The number of aromatic nitrogens is 1. The van der Waals surface area contributed by atoms with Crippen molar-refractivity contribution in [2.75, 3.05) is 0 Å². The highest BCUT2D eigenvalue weighted by Gasteiger charge is 2.44. The zero-order chi connectivity index (χ0) is 22.6. The number of hydrogen-bond donors (Lipinski definition) is 3. The van der Waals surface area contributed by atoms with E-state index in [0.717, 1.165) is 16.7 Å². The second-order valence-corrected chi connectivity index (χ2v) is 7.40. The van der Waals surface area contributed by atoms with Gasteiger partial charge in [-0.25, -0.2) is 5.48 Å². The molecule has 0 aliphatic carbocycles. The summed E-state index contributed by atoms with van der Waals surface area (Å²) in [4.78, 5) is 12.4. The van der Waals surface area contributed by atoms with Crippen molar-refractivity contribution in [3.05, 3.63) is 90.3 Å². The molecule has 0 radical (unpaired) electrons. The average molecular weight is 434 g/mol. The number of nitrogens with zero attached hydrogens (tertiary/aromatic N) is 1. The molecule has 164 valence electrons. The number of rotatable bonds is 8. The van der Waals surface area contributed by atoms with Gasteiger partial charge in [0.25, 0.3) is 5.91 Å². The molecule has 0 saturated heterocycles. The minimum Gasteiger partial charge on any atom is -0.461 e. The monoisotopic (exact) mass is 434 g/mol. The van der Waals surface area contributed by atoms with Crippen LogP contribution in [0.3, 0.4) is 0 Å². The minimum atomic E-state index is -1.84. The van der Waals surface area contributed by atoms with E-state index in [-0.39, 0.29) is 18.1 Å². The molecule has 0 bridgehead atoms. The molecule has 0 fully saturated rings. The predicted molar refractivity (Wildman–Crippen MR) is 114 cm³/mol. The first kappa shape index (κ1) is 21.5. The molecule has 2 aromatic heterocycles. The molecule has 0 saturated carbocycles. The van der Waals surface area contributed by atoms with Crippen LogP contribution >= 0.6 is 0 Å². The van der Waals surface area contributed by atoms with Crippen LogP contribution in [-0.2, 0) is 16.1 Å². The maximum absolute atomic E-state index is 12.4. The molecule has 1 amide bonds. The first-order valence-electron chi connectivity index (χ1n) is 9.92. The molecule has 32 heavy (non-hydrogen) atoms. The number of amides is 1. The zero-order valence-corrected chi connectivity index (χ0v) is 17.3. The Labute approximate surface area is 184 Å². The Morgan fingerprint density at radius 3 is 2.44 bits per heavy atom. The van der Waals surface area contributed by atoms with Crippen molar-refractivity contribution in [3.63, 3.8) is 0 Å². The van der Waals surface area contributed by atoms with E-state index in [2.05, 4.69) is 5.16 Å². The molecule has 2 aromatic carbocycles. The van der Waals surface area contributed by atoms with Crippen molar-refractivity contribution < 1.29 is 28.8 Å². The molecule has 3 N–H and O–H groups in total. The molecule has 0 aliphatic heterocycles. The van der Waals surface area contributed by atoms with Gasteiger partial charge in [-0.3, -0.25) is 10.0 Å². The summed E-state index contributed by atoms with van der Waals surface area (Å²) < 4.78 is 16.3. The summed E-state index contributed by atoms with van der Waals surface area (Å²) in [7, 11) is 0. The average Bonchev–Trinajstić information content (AvgIpc) is 3.54. The third-order valence-electron chi connectivity index (χ3n) is 5.25. The summed E-state index contributed by atoms with van der Waals surface area (Å²) in [6, 6.07) is 22.4. The Bertz CT molecular complexity index is 1150. The van der Waals surface area contributed by atoms with E-state index in [1.54, 1.807) is 17.6 Å². The molecule has 8 nitrogen and oxygen atoms in total. The van der Waals surface area contributed by atoms with Crippen LogP contribution in [0, 0.1) is 0 Å². The molecule has 8 heteroatoms. The van der Waals surface area contributed by atoms with Crippen LogP contribution in [0.2, 0.25) is 0 Å². The van der Waals surface area contributed by atoms with Crippen LogP contribution in [0.4, 0.5) is 0 Å². The van der Waals surface area contributed by atoms with Gasteiger partial charge in [-0.05, 0) is 35.7 Å². The lowest BCUT2D eigenvalue weighted by atomic mass is 9.94. The molecule has 0 spiro atoms. The van der Waals surface area contributed by atoms with Crippen molar-refractivity contribution in [1.29, 1.82) is 0 Å². The largest absolute Gasteiger partial charge is 0.461 e.